The Morgan fingerprint density at radius 2 is 1.66 bits per heavy atom. The van der Waals surface area contributed by atoms with Crippen LogP contribution in [0.25, 0.3) is 0 Å². The fourth-order valence-electron chi connectivity index (χ4n) is 3.49. The largest absolute Gasteiger partial charge is 0.497 e. The summed E-state index contributed by atoms with van der Waals surface area (Å²) in [6.45, 7) is 7.80. The highest BCUT2D eigenvalue weighted by molar-refractivity contribution is 5.60. The normalized spacial score (nSPS) is 14.0. The first kappa shape index (κ1) is 19.0. The van der Waals surface area contributed by atoms with E-state index in [-0.39, 0.29) is 0 Å². The number of nitrogens with one attached hydrogen (secondary N) is 1. The number of nitrogens with zero attached hydrogens (tertiary/aromatic N) is 5. The van der Waals surface area contributed by atoms with Crippen LogP contribution in [0.15, 0.2) is 48.7 Å². The van der Waals surface area contributed by atoms with Crippen LogP contribution in [0.1, 0.15) is 11.1 Å². The zero-order chi connectivity index (χ0) is 20.2. The number of anilines is 4. The molecule has 2 aromatic carbocycles. The highest BCUT2D eigenvalue weighted by Gasteiger charge is 2.19. The van der Waals surface area contributed by atoms with Gasteiger partial charge in [0.25, 0.3) is 0 Å². The first-order chi connectivity index (χ1) is 14.1. The summed E-state index contributed by atoms with van der Waals surface area (Å²) in [7, 11) is 1.69. The Kier molecular flexibility index (Phi) is 5.46. The SMILES string of the molecule is COc1ccc(N2CCN(c3cnnc(Nc4cccc(C)c4C)n3)CC2)cc1. The third kappa shape index (κ3) is 4.23. The molecule has 1 aromatic heterocycles. The fourth-order valence-corrected chi connectivity index (χ4v) is 3.49. The molecule has 1 saturated heterocycles. The van der Waals surface area contributed by atoms with Gasteiger partial charge in [0.15, 0.2) is 5.82 Å². The van der Waals surface area contributed by atoms with Crippen molar-refractivity contribution < 1.29 is 4.74 Å². The van der Waals surface area contributed by atoms with Crippen molar-refractivity contribution in [1.29, 1.82) is 0 Å². The smallest absolute Gasteiger partial charge is 0.249 e. The van der Waals surface area contributed by atoms with E-state index >= 15 is 0 Å². The lowest BCUT2D eigenvalue weighted by molar-refractivity contribution is 0.415. The molecule has 0 spiro atoms. The molecule has 1 fully saturated rings. The van der Waals surface area contributed by atoms with Crippen LogP contribution < -0.4 is 19.9 Å². The van der Waals surface area contributed by atoms with Gasteiger partial charge in [0.2, 0.25) is 5.95 Å². The van der Waals surface area contributed by atoms with Gasteiger partial charge in [-0.1, -0.05) is 12.1 Å². The van der Waals surface area contributed by atoms with Crippen molar-refractivity contribution in [3.8, 4) is 5.75 Å². The first-order valence-electron chi connectivity index (χ1n) is 9.81. The molecule has 0 radical (unpaired) electrons. The topological polar surface area (TPSA) is 66.4 Å². The van der Waals surface area contributed by atoms with Gasteiger partial charge in [0.1, 0.15) is 5.75 Å². The molecule has 7 heteroatoms. The third-order valence-electron chi connectivity index (χ3n) is 5.44. The Morgan fingerprint density at radius 3 is 2.38 bits per heavy atom. The molecule has 4 rings (SSSR count). The van der Waals surface area contributed by atoms with Crippen LogP contribution in [0.2, 0.25) is 0 Å². The van der Waals surface area contributed by atoms with E-state index in [1.807, 2.05) is 24.3 Å². The maximum Gasteiger partial charge on any atom is 0.249 e. The molecule has 1 aliphatic rings. The minimum Gasteiger partial charge on any atom is -0.497 e. The van der Waals surface area contributed by atoms with Crippen LogP contribution in [0.3, 0.4) is 0 Å². The van der Waals surface area contributed by atoms with Gasteiger partial charge in [-0.05, 0) is 55.3 Å². The molecule has 0 unspecified atom stereocenters. The van der Waals surface area contributed by atoms with Gasteiger partial charge in [-0.15, -0.1) is 5.10 Å². The van der Waals surface area contributed by atoms with Crippen molar-refractivity contribution in [2.45, 2.75) is 13.8 Å². The Bertz CT molecular complexity index is 967. The van der Waals surface area contributed by atoms with Crippen LogP contribution in [0, 0.1) is 13.8 Å². The molecule has 29 heavy (non-hydrogen) atoms. The molecule has 0 bridgehead atoms. The van der Waals surface area contributed by atoms with E-state index in [9.17, 15) is 0 Å². The summed E-state index contributed by atoms with van der Waals surface area (Å²) in [5, 5.41) is 11.6. The lowest BCUT2D eigenvalue weighted by Crippen LogP contribution is -2.46. The number of hydrogen-bond donors (Lipinski definition) is 1. The summed E-state index contributed by atoms with van der Waals surface area (Å²) < 4.78 is 5.25. The van der Waals surface area contributed by atoms with E-state index in [0.29, 0.717) is 5.95 Å². The van der Waals surface area contributed by atoms with E-state index < -0.39 is 0 Å². The molecule has 7 nitrogen and oxygen atoms in total. The monoisotopic (exact) mass is 390 g/mol. The second-order valence-corrected chi connectivity index (χ2v) is 7.18. The fraction of sp³-hybridized carbons (Fsp3) is 0.318. The molecule has 0 aliphatic carbocycles. The molecular formula is C22H26N6O. The predicted molar refractivity (Wildman–Crippen MR) is 116 cm³/mol. The van der Waals surface area contributed by atoms with Gasteiger partial charge in [0.05, 0.1) is 13.3 Å². The number of benzene rings is 2. The quantitative estimate of drug-likeness (QED) is 0.714. The van der Waals surface area contributed by atoms with E-state index in [0.717, 1.165) is 43.4 Å². The number of aromatic nitrogens is 3. The lowest BCUT2D eigenvalue weighted by atomic mass is 10.1. The maximum absolute atomic E-state index is 5.25. The Morgan fingerprint density at radius 1 is 0.931 bits per heavy atom. The van der Waals surface area contributed by atoms with Gasteiger partial charge in [-0.25, -0.2) is 0 Å². The molecule has 2 heterocycles. The van der Waals surface area contributed by atoms with Crippen molar-refractivity contribution in [2.24, 2.45) is 0 Å². The number of rotatable bonds is 5. The van der Waals surface area contributed by atoms with Crippen LogP contribution >= 0.6 is 0 Å². The number of piperazine rings is 1. The molecule has 150 valence electrons. The molecule has 3 aromatic rings. The van der Waals surface area contributed by atoms with E-state index in [2.05, 4.69) is 62.3 Å². The molecule has 0 atom stereocenters. The second kappa shape index (κ2) is 8.34. The van der Waals surface area contributed by atoms with Crippen molar-refractivity contribution >= 4 is 23.1 Å². The van der Waals surface area contributed by atoms with E-state index in [4.69, 9.17) is 4.74 Å². The van der Waals surface area contributed by atoms with Crippen molar-refractivity contribution in [1.82, 2.24) is 15.2 Å². The average molecular weight is 390 g/mol. The third-order valence-corrected chi connectivity index (χ3v) is 5.44. The maximum atomic E-state index is 5.25. The summed E-state index contributed by atoms with van der Waals surface area (Å²) in [5.74, 6) is 2.25. The minimum atomic E-state index is 0.522. The zero-order valence-corrected chi connectivity index (χ0v) is 17.1. The molecule has 0 saturated carbocycles. The Labute approximate surface area is 171 Å². The number of aryl methyl sites for hydroxylation is 1. The first-order valence-corrected chi connectivity index (χ1v) is 9.81. The van der Waals surface area contributed by atoms with Gasteiger partial charge in [0, 0.05) is 37.6 Å². The van der Waals surface area contributed by atoms with Gasteiger partial charge >= 0.3 is 0 Å². The van der Waals surface area contributed by atoms with Crippen molar-refractivity contribution in [3.05, 3.63) is 59.8 Å². The summed E-state index contributed by atoms with van der Waals surface area (Å²) in [5.41, 5.74) is 4.64. The summed E-state index contributed by atoms with van der Waals surface area (Å²) in [4.78, 5) is 9.32. The molecular weight excluding hydrogens is 364 g/mol. The standard InChI is InChI=1S/C22H26N6O/c1-16-5-4-6-20(17(16)2)24-22-25-21(15-23-26-22)28-13-11-27(12-14-28)18-7-9-19(29-3)10-8-18/h4-10,15H,11-14H2,1-3H3,(H,24,25,26). The second-order valence-electron chi connectivity index (χ2n) is 7.18. The summed E-state index contributed by atoms with van der Waals surface area (Å²) in [6, 6.07) is 14.4. The zero-order valence-electron chi connectivity index (χ0n) is 17.1. The Balaban J connectivity index is 1.42. The van der Waals surface area contributed by atoms with Gasteiger partial charge in [-0.2, -0.15) is 10.1 Å². The van der Waals surface area contributed by atoms with E-state index in [1.54, 1.807) is 13.3 Å². The highest BCUT2D eigenvalue weighted by atomic mass is 16.5. The lowest BCUT2D eigenvalue weighted by Gasteiger charge is -2.36. The number of methoxy groups -OCH3 is 1. The van der Waals surface area contributed by atoms with Gasteiger partial charge < -0.3 is 19.9 Å². The Hall–Kier alpha value is -3.35. The number of ether oxygens (including phenoxy) is 1. The van der Waals surface area contributed by atoms with Crippen molar-refractivity contribution in [3.63, 3.8) is 0 Å². The van der Waals surface area contributed by atoms with Gasteiger partial charge in [-0.3, -0.25) is 0 Å². The molecule has 1 aliphatic heterocycles. The summed E-state index contributed by atoms with van der Waals surface area (Å²) in [6.07, 6.45) is 1.73. The van der Waals surface area contributed by atoms with Crippen LogP contribution in [-0.2, 0) is 0 Å². The van der Waals surface area contributed by atoms with Crippen LogP contribution in [-0.4, -0.2) is 48.5 Å². The average Bonchev–Trinajstić information content (AvgIpc) is 2.77. The van der Waals surface area contributed by atoms with E-state index in [1.165, 1.54) is 16.8 Å². The van der Waals surface area contributed by atoms with Crippen molar-refractivity contribution in [2.75, 3.05) is 48.4 Å². The molecule has 0 amide bonds. The van der Waals surface area contributed by atoms with Crippen LogP contribution in [0.4, 0.5) is 23.1 Å². The minimum absolute atomic E-state index is 0.522. The van der Waals surface area contributed by atoms with Crippen LogP contribution in [0.5, 0.6) is 5.75 Å². The molecule has 1 N–H and O–H groups in total. The number of hydrogen-bond acceptors (Lipinski definition) is 7. The summed E-state index contributed by atoms with van der Waals surface area (Å²) >= 11 is 0. The predicted octanol–water partition coefficient (Wildman–Crippen LogP) is 3.57. The highest BCUT2D eigenvalue weighted by Crippen LogP contribution is 2.24.